The normalized spacial score (nSPS) is 14.4. The molecule has 190 valence electrons. The van der Waals surface area contributed by atoms with E-state index in [1.54, 1.807) is 6.07 Å². The summed E-state index contributed by atoms with van der Waals surface area (Å²) < 4.78 is 37.4. The van der Waals surface area contributed by atoms with Crippen molar-refractivity contribution < 1.29 is 22.7 Å². The standard InChI is InChI=1S/C26H26Cl2N2O5S/c1-34-24-13-19(26(31)35-2)12-22(14-24)30(36(3,32)33)23-15-29(16-23)25(17-4-8-20(27)9-5-17)18-6-10-21(28)11-7-18/h4-14,23,25H,15-16H2,1-3H3. The number of likely N-dealkylation sites (tertiary alicyclic amines) is 1. The molecule has 0 unspecified atom stereocenters. The summed E-state index contributed by atoms with van der Waals surface area (Å²) in [6.45, 7) is 0.932. The van der Waals surface area contributed by atoms with Gasteiger partial charge in [0.05, 0.1) is 43.8 Å². The van der Waals surface area contributed by atoms with Crippen molar-refractivity contribution in [3.05, 3.63) is 93.5 Å². The van der Waals surface area contributed by atoms with Gasteiger partial charge in [0.1, 0.15) is 5.75 Å². The number of carbonyl (C=O) groups excluding carboxylic acids is 1. The lowest BCUT2D eigenvalue weighted by Gasteiger charge is -2.48. The van der Waals surface area contributed by atoms with Gasteiger partial charge in [-0.1, -0.05) is 47.5 Å². The molecule has 1 aliphatic heterocycles. The van der Waals surface area contributed by atoms with Gasteiger partial charge in [0, 0.05) is 29.2 Å². The highest BCUT2D eigenvalue weighted by atomic mass is 35.5. The molecule has 4 rings (SSSR count). The Hall–Kier alpha value is -2.78. The maximum atomic E-state index is 12.9. The summed E-state index contributed by atoms with van der Waals surface area (Å²) in [6, 6.07) is 19.4. The fourth-order valence-electron chi connectivity index (χ4n) is 4.49. The van der Waals surface area contributed by atoms with Crippen LogP contribution in [0.2, 0.25) is 10.0 Å². The summed E-state index contributed by atoms with van der Waals surface area (Å²) in [5, 5.41) is 1.27. The molecule has 1 fully saturated rings. The average Bonchev–Trinajstić information content (AvgIpc) is 2.83. The predicted octanol–water partition coefficient (Wildman–Crippen LogP) is 5.03. The van der Waals surface area contributed by atoms with Crippen molar-refractivity contribution in [3.8, 4) is 5.75 Å². The topological polar surface area (TPSA) is 76.2 Å². The van der Waals surface area contributed by atoms with E-state index in [0.717, 1.165) is 17.4 Å². The number of carbonyl (C=O) groups is 1. The number of hydrogen-bond acceptors (Lipinski definition) is 6. The molecular formula is C26H26Cl2N2O5S. The van der Waals surface area contributed by atoms with Crippen molar-refractivity contribution in [1.82, 2.24) is 4.90 Å². The highest BCUT2D eigenvalue weighted by Crippen LogP contribution is 2.37. The molecule has 0 amide bonds. The molecule has 0 N–H and O–H groups in total. The number of hydrogen-bond donors (Lipinski definition) is 0. The van der Waals surface area contributed by atoms with Crippen LogP contribution in [-0.4, -0.2) is 58.9 Å². The minimum Gasteiger partial charge on any atom is -0.497 e. The molecule has 0 spiro atoms. The Morgan fingerprint density at radius 1 is 0.944 bits per heavy atom. The second-order valence-corrected chi connectivity index (χ2v) is 11.3. The number of ether oxygens (including phenoxy) is 2. The molecule has 0 saturated carbocycles. The zero-order valence-electron chi connectivity index (χ0n) is 20.0. The van der Waals surface area contributed by atoms with Crippen LogP contribution in [0.3, 0.4) is 0 Å². The Labute approximate surface area is 221 Å². The Bertz CT molecular complexity index is 1300. The zero-order chi connectivity index (χ0) is 26.0. The third-order valence-corrected chi connectivity index (χ3v) is 7.85. The number of nitrogens with zero attached hydrogens (tertiary/aromatic N) is 2. The van der Waals surface area contributed by atoms with Gasteiger partial charge in [-0.25, -0.2) is 13.2 Å². The van der Waals surface area contributed by atoms with Crippen LogP contribution in [0, 0.1) is 0 Å². The molecule has 1 saturated heterocycles. The third-order valence-electron chi connectivity index (χ3n) is 6.12. The van der Waals surface area contributed by atoms with Gasteiger partial charge >= 0.3 is 5.97 Å². The van der Waals surface area contributed by atoms with Crippen LogP contribution in [0.4, 0.5) is 5.69 Å². The first kappa shape index (κ1) is 26.3. The van der Waals surface area contributed by atoms with Gasteiger partial charge in [0.2, 0.25) is 10.0 Å². The van der Waals surface area contributed by atoms with Gasteiger partial charge < -0.3 is 9.47 Å². The molecule has 0 aliphatic carbocycles. The van der Waals surface area contributed by atoms with Crippen molar-refractivity contribution in [3.63, 3.8) is 0 Å². The number of anilines is 1. The molecule has 0 atom stereocenters. The van der Waals surface area contributed by atoms with Gasteiger partial charge in [-0.15, -0.1) is 0 Å². The second kappa shape index (κ2) is 10.7. The lowest BCUT2D eigenvalue weighted by Crippen LogP contribution is -2.61. The summed E-state index contributed by atoms with van der Waals surface area (Å²) in [5.74, 6) is -0.220. The monoisotopic (exact) mass is 548 g/mol. The lowest BCUT2D eigenvalue weighted by atomic mass is 9.93. The molecular weight excluding hydrogens is 523 g/mol. The van der Waals surface area contributed by atoms with Crippen LogP contribution in [-0.2, 0) is 14.8 Å². The van der Waals surface area contributed by atoms with E-state index < -0.39 is 16.0 Å². The first-order valence-corrected chi connectivity index (χ1v) is 13.7. The van der Waals surface area contributed by atoms with Crippen LogP contribution in [0.1, 0.15) is 27.5 Å². The van der Waals surface area contributed by atoms with Gasteiger partial charge in [-0.3, -0.25) is 9.21 Å². The summed E-state index contributed by atoms with van der Waals surface area (Å²) in [4.78, 5) is 14.4. The van der Waals surface area contributed by atoms with Gasteiger partial charge in [0.25, 0.3) is 0 Å². The summed E-state index contributed by atoms with van der Waals surface area (Å²) in [5.41, 5.74) is 2.61. The van der Waals surface area contributed by atoms with Crippen molar-refractivity contribution >= 4 is 44.9 Å². The molecule has 0 aromatic heterocycles. The molecule has 0 radical (unpaired) electrons. The Balaban J connectivity index is 1.67. The van der Waals surface area contributed by atoms with Gasteiger partial charge in [-0.05, 0) is 47.5 Å². The maximum absolute atomic E-state index is 12.9. The van der Waals surface area contributed by atoms with Crippen LogP contribution in [0.5, 0.6) is 5.75 Å². The minimum atomic E-state index is -3.68. The third kappa shape index (κ3) is 5.62. The Kier molecular flexibility index (Phi) is 7.80. The number of benzene rings is 3. The smallest absolute Gasteiger partial charge is 0.338 e. The van der Waals surface area contributed by atoms with Crippen molar-refractivity contribution in [1.29, 1.82) is 0 Å². The molecule has 1 heterocycles. The first-order chi connectivity index (χ1) is 17.1. The van der Waals surface area contributed by atoms with Gasteiger partial charge in [0.15, 0.2) is 0 Å². The van der Waals surface area contributed by atoms with E-state index in [9.17, 15) is 13.2 Å². The molecule has 10 heteroatoms. The van der Waals surface area contributed by atoms with E-state index in [1.165, 1.54) is 30.7 Å². The van der Waals surface area contributed by atoms with E-state index >= 15 is 0 Å². The highest BCUT2D eigenvalue weighted by Gasteiger charge is 2.41. The molecule has 7 nitrogen and oxygen atoms in total. The molecule has 3 aromatic rings. The van der Waals surface area contributed by atoms with Crippen LogP contribution >= 0.6 is 23.2 Å². The van der Waals surface area contributed by atoms with E-state index in [2.05, 4.69) is 4.90 Å². The summed E-state index contributed by atoms with van der Waals surface area (Å²) >= 11 is 12.2. The van der Waals surface area contributed by atoms with E-state index in [4.69, 9.17) is 32.7 Å². The largest absolute Gasteiger partial charge is 0.497 e. The maximum Gasteiger partial charge on any atom is 0.338 e. The number of halogens is 2. The molecule has 1 aliphatic rings. The second-order valence-electron chi connectivity index (χ2n) is 8.58. The zero-order valence-corrected chi connectivity index (χ0v) is 22.3. The Morgan fingerprint density at radius 3 is 1.92 bits per heavy atom. The van der Waals surface area contributed by atoms with E-state index in [1.807, 2.05) is 48.5 Å². The van der Waals surface area contributed by atoms with Crippen molar-refractivity contribution in [2.24, 2.45) is 0 Å². The number of sulfonamides is 1. The quantitative estimate of drug-likeness (QED) is 0.367. The Morgan fingerprint density at radius 2 is 1.47 bits per heavy atom. The molecule has 0 bridgehead atoms. The molecule has 36 heavy (non-hydrogen) atoms. The predicted molar refractivity (Wildman–Crippen MR) is 142 cm³/mol. The summed E-state index contributed by atoms with van der Waals surface area (Å²) in [7, 11) is -0.949. The van der Waals surface area contributed by atoms with Crippen LogP contribution in [0.15, 0.2) is 66.7 Å². The number of methoxy groups -OCH3 is 2. The minimum absolute atomic E-state index is 0.117. The van der Waals surface area contributed by atoms with Crippen LogP contribution < -0.4 is 9.04 Å². The lowest BCUT2D eigenvalue weighted by molar-refractivity contribution is 0.0600. The first-order valence-electron chi connectivity index (χ1n) is 11.1. The average molecular weight is 549 g/mol. The van der Waals surface area contributed by atoms with Gasteiger partial charge in [-0.2, -0.15) is 0 Å². The SMILES string of the molecule is COC(=O)c1cc(OC)cc(N(C2CN(C(c3ccc(Cl)cc3)c3ccc(Cl)cc3)C2)S(C)(=O)=O)c1. The number of esters is 1. The van der Waals surface area contributed by atoms with E-state index in [0.29, 0.717) is 34.6 Å². The number of rotatable bonds is 8. The fourth-order valence-corrected chi connectivity index (χ4v) is 5.90. The fraction of sp³-hybridized carbons (Fsp3) is 0.269. The van der Waals surface area contributed by atoms with Crippen molar-refractivity contribution in [2.75, 3.05) is 37.9 Å². The molecule has 3 aromatic carbocycles. The van der Waals surface area contributed by atoms with Crippen molar-refractivity contribution in [2.45, 2.75) is 12.1 Å². The summed E-state index contributed by atoms with van der Waals surface area (Å²) in [6.07, 6.45) is 1.16. The van der Waals surface area contributed by atoms with E-state index in [-0.39, 0.29) is 17.6 Å². The van der Waals surface area contributed by atoms with Crippen LogP contribution in [0.25, 0.3) is 0 Å². The highest BCUT2D eigenvalue weighted by molar-refractivity contribution is 7.92.